The highest BCUT2D eigenvalue weighted by atomic mass is 14.8. The van der Waals surface area contributed by atoms with Crippen molar-refractivity contribution in [3.05, 3.63) is 35.4 Å². The molecule has 2 heteroatoms. The minimum Gasteiger partial charge on any atom is -0.388 e. The van der Waals surface area contributed by atoms with Crippen LogP contribution in [0.3, 0.4) is 0 Å². The van der Waals surface area contributed by atoms with Gasteiger partial charge in [-0.3, -0.25) is 0 Å². The third-order valence-electron chi connectivity index (χ3n) is 2.10. The van der Waals surface area contributed by atoms with Crippen molar-refractivity contribution in [3.8, 4) is 0 Å². The molecule has 0 aliphatic rings. The van der Waals surface area contributed by atoms with Crippen LogP contribution in [0.2, 0.25) is 0 Å². The molecule has 0 atom stereocenters. The van der Waals surface area contributed by atoms with Gasteiger partial charge < -0.3 is 10.6 Å². The number of hydrogen-bond acceptors (Lipinski definition) is 2. The highest BCUT2D eigenvalue weighted by molar-refractivity contribution is 5.67. The summed E-state index contributed by atoms with van der Waals surface area (Å²) in [5.74, 6) is 0. The molecule has 0 saturated carbocycles. The first kappa shape index (κ1) is 10.8. The predicted octanol–water partition coefficient (Wildman–Crippen LogP) is 2.27. The fourth-order valence-electron chi connectivity index (χ4n) is 1.35. The summed E-state index contributed by atoms with van der Waals surface area (Å²) in [7, 11) is 3.89. The van der Waals surface area contributed by atoms with E-state index in [1.54, 1.807) is 0 Å². The maximum absolute atomic E-state index is 3.18. The van der Waals surface area contributed by atoms with Crippen molar-refractivity contribution in [1.82, 2.24) is 5.32 Å². The molecule has 0 aliphatic carbocycles. The summed E-state index contributed by atoms with van der Waals surface area (Å²) in [5.41, 5.74) is 3.69. The van der Waals surface area contributed by atoms with Crippen LogP contribution in [0.1, 0.15) is 11.1 Å². The van der Waals surface area contributed by atoms with Crippen LogP contribution < -0.4 is 10.6 Å². The Kier molecular flexibility index (Phi) is 4.20. The number of aryl methyl sites for hydroxylation is 1. The van der Waals surface area contributed by atoms with Crippen LogP contribution in [0.15, 0.2) is 24.3 Å². The standard InChI is InChI=1S/C12H18N2/c1-10-6-7-12(14-3)11(9-10)5-4-8-13-2/h4-7,9,13-14H,8H2,1-3H3/b5-4+. The number of anilines is 1. The third kappa shape index (κ3) is 2.89. The first-order valence-corrected chi connectivity index (χ1v) is 4.87. The van der Waals surface area contributed by atoms with Gasteiger partial charge in [-0.2, -0.15) is 0 Å². The van der Waals surface area contributed by atoms with E-state index in [-0.39, 0.29) is 0 Å². The Morgan fingerprint density at radius 2 is 2.07 bits per heavy atom. The van der Waals surface area contributed by atoms with Crippen molar-refractivity contribution in [2.24, 2.45) is 0 Å². The molecular formula is C12H18N2. The molecule has 0 saturated heterocycles. The van der Waals surface area contributed by atoms with E-state index in [0.29, 0.717) is 0 Å². The lowest BCUT2D eigenvalue weighted by atomic mass is 10.1. The average Bonchev–Trinajstić information content (AvgIpc) is 2.19. The highest BCUT2D eigenvalue weighted by Gasteiger charge is 1.96. The summed E-state index contributed by atoms with van der Waals surface area (Å²) in [6.07, 6.45) is 4.25. The maximum atomic E-state index is 3.18. The van der Waals surface area contributed by atoms with Crippen LogP contribution in [0.25, 0.3) is 6.08 Å². The van der Waals surface area contributed by atoms with E-state index in [1.165, 1.54) is 16.8 Å². The van der Waals surface area contributed by atoms with Gasteiger partial charge in [0.15, 0.2) is 0 Å². The lowest BCUT2D eigenvalue weighted by Gasteiger charge is -2.06. The molecule has 0 radical (unpaired) electrons. The average molecular weight is 190 g/mol. The molecule has 0 spiro atoms. The summed E-state index contributed by atoms with van der Waals surface area (Å²) in [6.45, 7) is 3.01. The Balaban J connectivity index is 2.87. The summed E-state index contributed by atoms with van der Waals surface area (Å²) >= 11 is 0. The molecule has 1 aromatic rings. The molecule has 0 bridgehead atoms. The van der Waals surface area contributed by atoms with E-state index >= 15 is 0 Å². The first-order chi connectivity index (χ1) is 6.77. The van der Waals surface area contributed by atoms with Gasteiger partial charge in [0.25, 0.3) is 0 Å². The van der Waals surface area contributed by atoms with Crippen LogP contribution in [0.4, 0.5) is 5.69 Å². The number of benzene rings is 1. The quantitative estimate of drug-likeness (QED) is 0.761. The lowest BCUT2D eigenvalue weighted by molar-refractivity contribution is 0.922. The Bertz CT molecular complexity index is 316. The summed E-state index contributed by atoms with van der Waals surface area (Å²) in [6, 6.07) is 6.40. The molecule has 76 valence electrons. The van der Waals surface area contributed by atoms with E-state index < -0.39 is 0 Å². The van der Waals surface area contributed by atoms with Crippen LogP contribution in [-0.4, -0.2) is 20.6 Å². The molecule has 0 amide bonds. The van der Waals surface area contributed by atoms with Crippen molar-refractivity contribution in [2.45, 2.75) is 6.92 Å². The third-order valence-corrected chi connectivity index (χ3v) is 2.10. The minimum absolute atomic E-state index is 0.900. The maximum Gasteiger partial charge on any atom is 0.0411 e. The molecule has 0 aromatic heterocycles. The van der Waals surface area contributed by atoms with E-state index in [4.69, 9.17) is 0 Å². The highest BCUT2D eigenvalue weighted by Crippen LogP contribution is 2.17. The zero-order valence-electron chi connectivity index (χ0n) is 9.09. The lowest BCUT2D eigenvalue weighted by Crippen LogP contribution is -2.03. The van der Waals surface area contributed by atoms with Crippen LogP contribution in [-0.2, 0) is 0 Å². The second kappa shape index (κ2) is 5.45. The number of rotatable bonds is 4. The fourth-order valence-corrected chi connectivity index (χ4v) is 1.35. The molecule has 0 aliphatic heterocycles. The monoisotopic (exact) mass is 190 g/mol. The molecule has 0 heterocycles. The molecule has 2 N–H and O–H groups in total. The Morgan fingerprint density at radius 3 is 2.71 bits per heavy atom. The van der Waals surface area contributed by atoms with Gasteiger partial charge in [0.2, 0.25) is 0 Å². The van der Waals surface area contributed by atoms with E-state index in [1.807, 2.05) is 14.1 Å². The van der Waals surface area contributed by atoms with E-state index in [0.717, 1.165) is 6.54 Å². The van der Waals surface area contributed by atoms with E-state index in [2.05, 4.69) is 47.9 Å². The molecular weight excluding hydrogens is 172 g/mol. The zero-order chi connectivity index (χ0) is 10.4. The van der Waals surface area contributed by atoms with Crippen molar-refractivity contribution in [3.63, 3.8) is 0 Å². The number of nitrogens with one attached hydrogen (secondary N) is 2. The fraction of sp³-hybridized carbons (Fsp3) is 0.333. The largest absolute Gasteiger partial charge is 0.388 e. The summed E-state index contributed by atoms with van der Waals surface area (Å²) in [4.78, 5) is 0. The second-order valence-corrected chi connectivity index (χ2v) is 3.30. The van der Waals surface area contributed by atoms with Gasteiger partial charge in [-0.25, -0.2) is 0 Å². The second-order valence-electron chi connectivity index (χ2n) is 3.30. The smallest absolute Gasteiger partial charge is 0.0411 e. The zero-order valence-corrected chi connectivity index (χ0v) is 9.09. The Labute approximate surface area is 86.0 Å². The van der Waals surface area contributed by atoms with Gasteiger partial charge in [0, 0.05) is 19.3 Å². The van der Waals surface area contributed by atoms with Gasteiger partial charge in [-0.05, 0) is 31.7 Å². The van der Waals surface area contributed by atoms with Crippen molar-refractivity contribution >= 4 is 11.8 Å². The first-order valence-electron chi connectivity index (χ1n) is 4.87. The number of hydrogen-bond donors (Lipinski definition) is 2. The molecule has 0 unspecified atom stereocenters. The topological polar surface area (TPSA) is 24.1 Å². The molecule has 2 nitrogen and oxygen atoms in total. The Hall–Kier alpha value is -1.28. The predicted molar refractivity (Wildman–Crippen MR) is 63.7 cm³/mol. The van der Waals surface area contributed by atoms with Crippen LogP contribution in [0, 0.1) is 6.92 Å². The molecule has 0 fully saturated rings. The molecule has 14 heavy (non-hydrogen) atoms. The molecule has 1 aromatic carbocycles. The van der Waals surface area contributed by atoms with E-state index in [9.17, 15) is 0 Å². The molecule has 1 rings (SSSR count). The van der Waals surface area contributed by atoms with Crippen molar-refractivity contribution < 1.29 is 0 Å². The van der Waals surface area contributed by atoms with Crippen LogP contribution in [0.5, 0.6) is 0 Å². The normalized spacial score (nSPS) is 10.8. The van der Waals surface area contributed by atoms with Gasteiger partial charge in [0.1, 0.15) is 0 Å². The van der Waals surface area contributed by atoms with Gasteiger partial charge >= 0.3 is 0 Å². The van der Waals surface area contributed by atoms with Crippen molar-refractivity contribution in [1.29, 1.82) is 0 Å². The van der Waals surface area contributed by atoms with Gasteiger partial charge in [-0.15, -0.1) is 0 Å². The van der Waals surface area contributed by atoms with Crippen molar-refractivity contribution in [2.75, 3.05) is 26.0 Å². The van der Waals surface area contributed by atoms with Gasteiger partial charge in [0.05, 0.1) is 0 Å². The number of likely N-dealkylation sites (N-methyl/N-ethyl adjacent to an activating group) is 1. The minimum atomic E-state index is 0.900. The summed E-state index contributed by atoms with van der Waals surface area (Å²) in [5, 5.41) is 6.26. The Morgan fingerprint density at radius 1 is 1.29 bits per heavy atom. The SMILES string of the molecule is CNC/C=C/c1cc(C)ccc1NC. The van der Waals surface area contributed by atoms with Gasteiger partial charge in [-0.1, -0.05) is 23.8 Å². The summed E-state index contributed by atoms with van der Waals surface area (Å²) < 4.78 is 0. The van der Waals surface area contributed by atoms with Crippen LogP contribution >= 0.6 is 0 Å².